The third-order valence-electron chi connectivity index (χ3n) is 5.64. The number of esters is 1. The van der Waals surface area contributed by atoms with Crippen LogP contribution in [0.1, 0.15) is 29.8 Å². The molecule has 39 heavy (non-hydrogen) atoms. The van der Waals surface area contributed by atoms with E-state index >= 15 is 0 Å². The van der Waals surface area contributed by atoms with E-state index in [1.807, 2.05) is 60.7 Å². The van der Waals surface area contributed by atoms with E-state index in [2.05, 4.69) is 15.5 Å². The van der Waals surface area contributed by atoms with Crippen LogP contribution in [0.5, 0.6) is 0 Å². The first-order chi connectivity index (χ1) is 18.6. The van der Waals surface area contributed by atoms with Crippen molar-refractivity contribution in [2.75, 3.05) is 12.3 Å². The molecule has 1 saturated heterocycles. The fourth-order valence-corrected chi connectivity index (χ4v) is 5.24. The Morgan fingerprint density at radius 3 is 2.23 bits per heavy atom. The molecule has 1 aliphatic rings. The molecule has 2 heterocycles. The highest BCUT2D eigenvalue weighted by Gasteiger charge is 2.51. The molecule has 4 N–H and O–H groups in total. The summed E-state index contributed by atoms with van der Waals surface area (Å²) in [6.07, 6.45) is -0.717. The molecule has 4 rings (SSSR count). The predicted molar refractivity (Wildman–Crippen MR) is 140 cm³/mol. The Morgan fingerprint density at radius 2 is 1.74 bits per heavy atom. The summed E-state index contributed by atoms with van der Waals surface area (Å²) in [5.74, 6) is -2.76. The number of hydrogen-bond donors (Lipinski definition) is 3. The van der Waals surface area contributed by atoms with Crippen LogP contribution in [-0.4, -0.2) is 64.4 Å². The third-order valence-corrected chi connectivity index (χ3v) is 7.33. The van der Waals surface area contributed by atoms with Crippen LogP contribution in [0, 0.1) is 0 Å². The number of carbonyl (C=O) groups is 3. The maximum atomic E-state index is 12.9. The summed E-state index contributed by atoms with van der Waals surface area (Å²) in [4.78, 5) is 46.9. The molecule has 1 aromatic heterocycles. The molecule has 15 heteroatoms. The number of anilines is 1. The number of thiazole rings is 1. The van der Waals surface area contributed by atoms with Gasteiger partial charge in [-0.05, 0) is 18.1 Å². The number of aromatic nitrogens is 1. The van der Waals surface area contributed by atoms with Crippen LogP contribution in [0.4, 0.5) is 5.13 Å². The van der Waals surface area contributed by atoms with Gasteiger partial charge >= 0.3 is 16.3 Å². The molecule has 1 unspecified atom stereocenters. The topological polar surface area (TPSA) is 191 Å². The number of nitrogens with zero attached hydrogens (tertiary/aromatic N) is 3. The summed E-state index contributed by atoms with van der Waals surface area (Å²) in [5.41, 5.74) is 6.71. The number of nitrogens with one attached hydrogen (secondary N) is 1. The Labute approximate surface area is 227 Å². The van der Waals surface area contributed by atoms with Crippen LogP contribution in [0.15, 0.2) is 71.2 Å². The van der Waals surface area contributed by atoms with Crippen LogP contribution >= 0.6 is 11.3 Å². The summed E-state index contributed by atoms with van der Waals surface area (Å²) >= 11 is 1.01. The van der Waals surface area contributed by atoms with E-state index < -0.39 is 58.6 Å². The van der Waals surface area contributed by atoms with Crippen molar-refractivity contribution >= 4 is 50.3 Å². The van der Waals surface area contributed by atoms with Gasteiger partial charge in [-0.25, -0.2) is 14.1 Å². The standard InChI is InChI=1S/C24H23N5O8S2/c1-14-19(23(32)29(14)39(33,34)35)27-22(31)20(17-13-38-24(25)26-17)28-36-12-18(30)37-21(15-8-4-2-5-9-15)16-10-6-3-7-11-16/h2-11,13-14,19,21H,12H2,1H3,(H2,25,26)(H,27,31)(H,33,34,35)/b28-20-/t14?,19-/m0/s1. The number of benzene rings is 2. The second-order valence-electron chi connectivity index (χ2n) is 8.28. The van der Waals surface area contributed by atoms with Crippen molar-refractivity contribution in [3.63, 3.8) is 0 Å². The normalized spacial score (nSPS) is 17.5. The van der Waals surface area contributed by atoms with Crippen LogP contribution < -0.4 is 11.1 Å². The van der Waals surface area contributed by atoms with Crippen LogP contribution in [-0.2, 0) is 34.3 Å². The predicted octanol–water partition coefficient (Wildman–Crippen LogP) is 1.30. The van der Waals surface area contributed by atoms with Gasteiger partial charge in [0.15, 0.2) is 16.9 Å². The van der Waals surface area contributed by atoms with Crippen LogP contribution in [0.3, 0.4) is 0 Å². The number of amides is 2. The number of ether oxygens (including phenoxy) is 1. The zero-order valence-corrected chi connectivity index (χ0v) is 22.0. The van der Waals surface area contributed by atoms with Crippen molar-refractivity contribution in [2.45, 2.75) is 25.1 Å². The zero-order valence-electron chi connectivity index (χ0n) is 20.3. The quantitative estimate of drug-likeness (QED) is 0.105. The van der Waals surface area contributed by atoms with Crippen LogP contribution in [0.25, 0.3) is 0 Å². The lowest BCUT2D eigenvalue weighted by molar-refractivity contribution is -0.153. The first-order valence-electron chi connectivity index (χ1n) is 11.4. The van der Waals surface area contributed by atoms with E-state index in [0.29, 0.717) is 0 Å². The van der Waals surface area contributed by atoms with Crippen molar-refractivity contribution in [1.82, 2.24) is 14.6 Å². The average molecular weight is 574 g/mol. The van der Waals surface area contributed by atoms with Gasteiger partial charge in [-0.2, -0.15) is 8.42 Å². The van der Waals surface area contributed by atoms with E-state index in [4.69, 9.17) is 19.9 Å². The average Bonchev–Trinajstić information content (AvgIpc) is 3.34. The van der Waals surface area contributed by atoms with Gasteiger partial charge in [0.25, 0.3) is 11.8 Å². The number of oxime groups is 1. The molecule has 0 bridgehead atoms. The van der Waals surface area contributed by atoms with Gasteiger partial charge in [0.05, 0.1) is 6.04 Å². The van der Waals surface area contributed by atoms with Crippen molar-refractivity contribution < 1.29 is 36.9 Å². The maximum absolute atomic E-state index is 12.9. The highest BCUT2D eigenvalue weighted by Crippen LogP contribution is 2.26. The van der Waals surface area contributed by atoms with Crippen LogP contribution in [0.2, 0.25) is 0 Å². The Balaban J connectivity index is 1.46. The fraction of sp³-hybridized carbons (Fsp3) is 0.208. The van der Waals surface area contributed by atoms with Gasteiger partial charge in [0, 0.05) is 5.38 Å². The molecule has 2 amide bonds. The summed E-state index contributed by atoms with van der Waals surface area (Å²) < 4.78 is 37.7. The minimum atomic E-state index is -4.78. The molecule has 1 fully saturated rings. The number of rotatable bonds is 10. The second kappa shape index (κ2) is 11.6. The van der Waals surface area contributed by atoms with Crippen molar-refractivity contribution in [1.29, 1.82) is 0 Å². The van der Waals surface area contributed by atoms with E-state index in [1.165, 1.54) is 12.3 Å². The van der Waals surface area contributed by atoms with E-state index in [1.54, 1.807) is 0 Å². The molecular weight excluding hydrogens is 550 g/mol. The number of hydrogen-bond acceptors (Lipinski definition) is 11. The minimum absolute atomic E-state index is 0.000811. The van der Waals surface area contributed by atoms with E-state index in [9.17, 15) is 22.8 Å². The molecule has 13 nitrogen and oxygen atoms in total. The van der Waals surface area contributed by atoms with Gasteiger partial charge in [0.2, 0.25) is 6.61 Å². The summed E-state index contributed by atoms with van der Waals surface area (Å²) in [6, 6.07) is 15.8. The van der Waals surface area contributed by atoms with Gasteiger partial charge in [0.1, 0.15) is 11.7 Å². The molecule has 2 aromatic carbocycles. The first kappa shape index (κ1) is 27.7. The SMILES string of the molecule is CC1[C@H](NC(=O)/C(=N\OCC(=O)OC(c2ccccc2)c2ccccc2)c2csc(N)n2)C(=O)N1S(=O)(=O)O. The zero-order chi connectivity index (χ0) is 28.2. The molecular formula is C24H23N5O8S2. The lowest BCUT2D eigenvalue weighted by atomic mass is 10.0. The van der Waals surface area contributed by atoms with Crippen molar-refractivity contribution in [3.05, 3.63) is 82.9 Å². The lowest BCUT2D eigenvalue weighted by Crippen LogP contribution is -2.71. The largest absolute Gasteiger partial charge is 0.450 e. The number of nitrogens with two attached hydrogens (primary N) is 1. The molecule has 0 spiro atoms. The highest BCUT2D eigenvalue weighted by molar-refractivity contribution is 7.84. The highest BCUT2D eigenvalue weighted by atomic mass is 32.2. The maximum Gasteiger partial charge on any atom is 0.362 e. The van der Waals surface area contributed by atoms with E-state index in [-0.39, 0.29) is 15.1 Å². The van der Waals surface area contributed by atoms with E-state index in [0.717, 1.165) is 22.5 Å². The molecule has 0 saturated carbocycles. The molecule has 1 aliphatic heterocycles. The van der Waals surface area contributed by atoms with Crippen molar-refractivity contribution in [3.8, 4) is 0 Å². The first-order valence-corrected chi connectivity index (χ1v) is 13.7. The lowest BCUT2D eigenvalue weighted by Gasteiger charge is -2.42. The smallest absolute Gasteiger partial charge is 0.362 e. The second-order valence-corrected chi connectivity index (χ2v) is 10.5. The van der Waals surface area contributed by atoms with Crippen molar-refractivity contribution in [2.24, 2.45) is 5.16 Å². The molecule has 2 atom stereocenters. The third kappa shape index (κ3) is 6.39. The molecule has 204 valence electrons. The Bertz CT molecular complexity index is 1460. The fourth-order valence-electron chi connectivity index (χ4n) is 3.81. The molecule has 0 radical (unpaired) electrons. The Kier molecular flexibility index (Phi) is 8.23. The Hall–Kier alpha value is -4.34. The number of nitrogen functional groups attached to an aromatic ring is 1. The molecule has 3 aromatic rings. The summed E-state index contributed by atoms with van der Waals surface area (Å²) in [6.45, 7) is 0.655. The Morgan fingerprint density at radius 1 is 1.15 bits per heavy atom. The number of carbonyl (C=O) groups excluding carboxylic acids is 3. The van der Waals surface area contributed by atoms with Gasteiger partial charge in [-0.15, -0.1) is 11.3 Å². The number of β-lactam (4-membered cyclic amide) rings is 1. The van der Waals surface area contributed by atoms with Gasteiger partial charge in [-0.3, -0.25) is 14.1 Å². The minimum Gasteiger partial charge on any atom is -0.450 e. The van der Waals surface area contributed by atoms with Gasteiger partial charge in [-0.1, -0.05) is 65.8 Å². The van der Waals surface area contributed by atoms with Gasteiger partial charge < -0.3 is 20.6 Å². The molecule has 0 aliphatic carbocycles. The monoisotopic (exact) mass is 573 g/mol. The summed E-state index contributed by atoms with van der Waals surface area (Å²) in [5, 5.41) is 7.58. The summed E-state index contributed by atoms with van der Waals surface area (Å²) in [7, 11) is -4.78.